The van der Waals surface area contributed by atoms with Gasteiger partial charge in [0.1, 0.15) is 0 Å². The van der Waals surface area contributed by atoms with Crippen LogP contribution >= 0.6 is 11.6 Å². The van der Waals surface area contributed by atoms with Crippen molar-refractivity contribution in [3.63, 3.8) is 0 Å². The largest absolute Gasteiger partial charge is 0.462 e. The molecule has 0 aliphatic rings. The summed E-state index contributed by atoms with van der Waals surface area (Å²) in [6.07, 6.45) is 0. The molecule has 0 radical (unpaired) electrons. The van der Waals surface area contributed by atoms with Crippen molar-refractivity contribution in [3.8, 4) is 0 Å². The van der Waals surface area contributed by atoms with Crippen LogP contribution in [0.3, 0.4) is 0 Å². The minimum absolute atomic E-state index is 0.0840. The van der Waals surface area contributed by atoms with Crippen molar-refractivity contribution in [3.05, 3.63) is 95.0 Å². The van der Waals surface area contributed by atoms with E-state index in [0.29, 0.717) is 10.7 Å². The third-order valence-corrected chi connectivity index (χ3v) is 6.26. The molecule has 3 rings (SSSR count). The third-order valence-electron chi connectivity index (χ3n) is 4.22. The molecule has 0 aromatic heterocycles. The Bertz CT molecular complexity index is 1080. The highest BCUT2D eigenvalue weighted by Gasteiger charge is 2.26. The summed E-state index contributed by atoms with van der Waals surface area (Å²) >= 11 is 5.95. The monoisotopic (exact) mass is 429 g/mol. The molecule has 0 fully saturated rings. The van der Waals surface area contributed by atoms with Crippen molar-refractivity contribution in [2.75, 3.05) is 10.9 Å². The molecule has 0 bridgehead atoms. The van der Waals surface area contributed by atoms with Gasteiger partial charge in [-0.15, -0.1) is 0 Å². The first kappa shape index (κ1) is 20.9. The van der Waals surface area contributed by atoms with Gasteiger partial charge in [-0.05, 0) is 55.0 Å². The fourth-order valence-electron chi connectivity index (χ4n) is 2.79. The summed E-state index contributed by atoms with van der Waals surface area (Å²) in [6.45, 7) is 2.04. The van der Waals surface area contributed by atoms with Crippen LogP contribution in [-0.4, -0.2) is 21.0 Å². The Hall–Kier alpha value is -2.83. The molecule has 150 valence electrons. The van der Waals surface area contributed by atoms with Crippen LogP contribution in [0.1, 0.15) is 22.8 Å². The Morgan fingerprint density at radius 3 is 2.31 bits per heavy atom. The summed E-state index contributed by atoms with van der Waals surface area (Å²) in [6, 6.07) is 21.5. The minimum Gasteiger partial charge on any atom is -0.462 e. The summed E-state index contributed by atoms with van der Waals surface area (Å²) in [5.74, 6) is -0.502. The van der Waals surface area contributed by atoms with Gasteiger partial charge in [-0.3, -0.25) is 4.31 Å². The normalized spacial score (nSPS) is 11.1. The molecule has 0 atom stereocenters. The lowest BCUT2D eigenvalue weighted by molar-refractivity contribution is 0.0526. The van der Waals surface area contributed by atoms with Crippen molar-refractivity contribution in [2.45, 2.75) is 18.4 Å². The highest BCUT2D eigenvalue weighted by Crippen LogP contribution is 2.27. The standard InChI is InChI=1S/C22H20ClNO4S/c1-2-28-22(25)18-7-6-8-20(15-18)24(16-17-11-13-19(23)14-12-17)29(26,27)21-9-4-3-5-10-21/h3-15H,2,16H2,1H3. The van der Waals surface area contributed by atoms with Crippen LogP contribution in [0.2, 0.25) is 5.02 Å². The SMILES string of the molecule is CCOC(=O)c1cccc(N(Cc2ccc(Cl)cc2)S(=O)(=O)c2ccccc2)c1. The summed E-state index contributed by atoms with van der Waals surface area (Å²) in [5, 5.41) is 0.565. The lowest BCUT2D eigenvalue weighted by Gasteiger charge is -2.25. The van der Waals surface area contributed by atoms with Crippen LogP contribution in [0.5, 0.6) is 0 Å². The zero-order valence-electron chi connectivity index (χ0n) is 15.8. The van der Waals surface area contributed by atoms with Crippen LogP contribution in [0, 0.1) is 0 Å². The number of ether oxygens (including phenoxy) is 1. The second-order valence-corrected chi connectivity index (χ2v) is 8.52. The Morgan fingerprint density at radius 1 is 0.966 bits per heavy atom. The number of anilines is 1. The van der Waals surface area contributed by atoms with E-state index < -0.39 is 16.0 Å². The number of sulfonamides is 1. The van der Waals surface area contributed by atoms with Gasteiger partial charge in [-0.25, -0.2) is 13.2 Å². The number of carbonyl (C=O) groups excluding carboxylic acids is 1. The fraction of sp³-hybridized carbons (Fsp3) is 0.136. The first-order chi connectivity index (χ1) is 13.9. The van der Waals surface area contributed by atoms with Crippen molar-refractivity contribution >= 4 is 33.3 Å². The van der Waals surface area contributed by atoms with E-state index >= 15 is 0 Å². The van der Waals surface area contributed by atoms with Crippen LogP contribution in [-0.2, 0) is 21.3 Å². The molecule has 0 spiro atoms. The van der Waals surface area contributed by atoms with Gasteiger partial charge in [0.15, 0.2) is 0 Å². The Kier molecular flexibility index (Phi) is 6.56. The number of hydrogen-bond donors (Lipinski definition) is 0. The molecule has 0 saturated carbocycles. The van der Waals surface area contributed by atoms with Gasteiger partial charge in [0.05, 0.1) is 29.3 Å². The molecule has 0 aliphatic carbocycles. The second-order valence-electron chi connectivity index (χ2n) is 6.22. The topological polar surface area (TPSA) is 63.7 Å². The summed E-state index contributed by atoms with van der Waals surface area (Å²) in [7, 11) is -3.87. The van der Waals surface area contributed by atoms with Crippen molar-refractivity contribution in [1.29, 1.82) is 0 Å². The molecule has 5 nitrogen and oxygen atoms in total. The molecule has 3 aromatic rings. The van der Waals surface area contributed by atoms with Gasteiger partial charge >= 0.3 is 5.97 Å². The van der Waals surface area contributed by atoms with E-state index in [1.807, 2.05) is 0 Å². The van der Waals surface area contributed by atoms with Crippen molar-refractivity contribution in [1.82, 2.24) is 0 Å². The molecule has 0 unspecified atom stereocenters. The predicted molar refractivity (Wildman–Crippen MR) is 114 cm³/mol. The molecule has 0 saturated heterocycles. The van der Waals surface area contributed by atoms with E-state index in [1.165, 1.54) is 10.4 Å². The maximum Gasteiger partial charge on any atom is 0.338 e. The van der Waals surface area contributed by atoms with Crippen LogP contribution in [0.15, 0.2) is 83.8 Å². The van der Waals surface area contributed by atoms with E-state index in [1.54, 1.807) is 79.7 Å². The van der Waals surface area contributed by atoms with E-state index in [2.05, 4.69) is 0 Å². The summed E-state index contributed by atoms with van der Waals surface area (Å²) in [5.41, 5.74) is 1.42. The molecule has 0 aliphatic heterocycles. The van der Waals surface area contributed by atoms with Gasteiger partial charge in [0.25, 0.3) is 10.0 Å². The summed E-state index contributed by atoms with van der Waals surface area (Å²) in [4.78, 5) is 12.3. The Balaban J connectivity index is 2.07. The van der Waals surface area contributed by atoms with Crippen molar-refractivity contribution < 1.29 is 17.9 Å². The number of esters is 1. The van der Waals surface area contributed by atoms with Crippen LogP contribution < -0.4 is 4.31 Å². The Labute approximate surface area is 175 Å². The van der Waals surface area contributed by atoms with Gasteiger partial charge in [0.2, 0.25) is 0 Å². The fourth-order valence-corrected chi connectivity index (χ4v) is 4.38. The first-order valence-electron chi connectivity index (χ1n) is 9.01. The van der Waals surface area contributed by atoms with E-state index in [9.17, 15) is 13.2 Å². The zero-order valence-corrected chi connectivity index (χ0v) is 17.4. The number of rotatable bonds is 7. The average Bonchev–Trinajstić information content (AvgIpc) is 2.74. The molecule has 3 aromatic carbocycles. The van der Waals surface area contributed by atoms with Gasteiger partial charge in [0, 0.05) is 5.02 Å². The molecule has 7 heteroatoms. The Morgan fingerprint density at radius 2 is 1.66 bits per heavy atom. The zero-order chi connectivity index (χ0) is 20.9. The number of nitrogens with zero attached hydrogens (tertiary/aromatic N) is 1. The van der Waals surface area contributed by atoms with Crippen LogP contribution in [0.25, 0.3) is 0 Å². The minimum atomic E-state index is -3.87. The van der Waals surface area contributed by atoms with Crippen LogP contribution in [0.4, 0.5) is 5.69 Å². The second kappa shape index (κ2) is 9.11. The van der Waals surface area contributed by atoms with Gasteiger partial charge in [-0.2, -0.15) is 0 Å². The predicted octanol–water partition coefficient (Wildman–Crippen LogP) is 4.91. The molecule has 29 heavy (non-hydrogen) atoms. The van der Waals surface area contributed by atoms with E-state index in [-0.39, 0.29) is 23.6 Å². The number of carbonyl (C=O) groups is 1. The number of halogens is 1. The summed E-state index contributed by atoms with van der Waals surface area (Å²) < 4.78 is 33.1. The highest BCUT2D eigenvalue weighted by atomic mass is 35.5. The molecule has 0 heterocycles. The lowest BCUT2D eigenvalue weighted by atomic mass is 10.2. The number of hydrogen-bond acceptors (Lipinski definition) is 4. The van der Waals surface area contributed by atoms with Crippen molar-refractivity contribution in [2.24, 2.45) is 0 Å². The number of benzene rings is 3. The van der Waals surface area contributed by atoms with Gasteiger partial charge < -0.3 is 4.74 Å². The average molecular weight is 430 g/mol. The van der Waals surface area contributed by atoms with E-state index in [4.69, 9.17) is 16.3 Å². The molecule has 0 amide bonds. The highest BCUT2D eigenvalue weighted by molar-refractivity contribution is 7.92. The van der Waals surface area contributed by atoms with E-state index in [0.717, 1.165) is 5.56 Å². The molecular weight excluding hydrogens is 410 g/mol. The lowest BCUT2D eigenvalue weighted by Crippen LogP contribution is -2.30. The first-order valence-corrected chi connectivity index (χ1v) is 10.8. The smallest absolute Gasteiger partial charge is 0.338 e. The molecular formula is C22H20ClNO4S. The maximum atomic E-state index is 13.4. The third kappa shape index (κ3) is 4.96. The van der Waals surface area contributed by atoms with Gasteiger partial charge in [-0.1, -0.05) is 48.0 Å². The maximum absolute atomic E-state index is 13.4. The molecule has 0 N–H and O–H groups in total. The quantitative estimate of drug-likeness (QED) is 0.500.